The lowest BCUT2D eigenvalue weighted by molar-refractivity contribution is -0.117. The average Bonchev–Trinajstić information content (AvgIpc) is 2.78. The molecule has 1 aromatic heterocycles. The highest BCUT2D eigenvalue weighted by atomic mass is 16.1. The molecule has 0 spiro atoms. The highest BCUT2D eigenvalue weighted by Crippen LogP contribution is 2.14. The van der Waals surface area contributed by atoms with E-state index in [2.05, 4.69) is 15.7 Å². The second-order valence-electron chi connectivity index (χ2n) is 4.41. The van der Waals surface area contributed by atoms with Gasteiger partial charge in [-0.25, -0.2) is 0 Å². The minimum atomic E-state index is 0.0803. The molecule has 1 aliphatic rings. The lowest BCUT2D eigenvalue weighted by atomic mass is 10.0. The summed E-state index contributed by atoms with van der Waals surface area (Å²) in [6.07, 6.45) is 1.69. The van der Waals surface area contributed by atoms with Gasteiger partial charge in [0.15, 0.2) is 0 Å². The van der Waals surface area contributed by atoms with E-state index in [1.54, 1.807) is 4.68 Å². The number of aryl methyl sites for hydroxylation is 2. The van der Waals surface area contributed by atoms with Crippen LogP contribution in [0.5, 0.6) is 0 Å². The van der Waals surface area contributed by atoms with Crippen LogP contribution < -0.4 is 10.6 Å². The molecule has 16 heavy (non-hydrogen) atoms. The smallest absolute Gasteiger partial charge is 0.225 e. The van der Waals surface area contributed by atoms with Crippen molar-refractivity contribution in [2.75, 3.05) is 18.4 Å². The molecule has 1 amide bonds. The Morgan fingerprint density at radius 1 is 1.75 bits per heavy atom. The highest BCUT2D eigenvalue weighted by Gasteiger charge is 2.18. The van der Waals surface area contributed by atoms with Crippen molar-refractivity contribution in [2.24, 2.45) is 13.0 Å². The maximum Gasteiger partial charge on any atom is 0.225 e. The summed E-state index contributed by atoms with van der Waals surface area (Å²) in [7, 11) is 1.83. The first kappa shape index (κ1) is 11.1. The standard InChI is InChI=1S/C11H18N4O/c1-8-5-10(15(2)14-8)13-11(16)6-9-3-4-12-7-9/h5,9,12H,3-4,6-7H2,1-2H3,(H,13,16). The van der Waals surface area contributed by atoms with Crippen LogP contribution in [0.25, 0.3) is 0 Å². The first-order chi connectivity index (χ1) is 7.65. The lowest BCUT2D eigenvalue weighted by Crippen LogP contribution is -2.19. The molecule has 1 fully saturated rings. The van der Waals surface area contributed by atoms with Gasteiger partial charge in [0.2, 0.25) is 5.91 Å². The van der Waals surface area contributed by atoms with Gasteiger partial charge in [-0.2, -0.15) is 5.10 Å². The molecule has 0 aliphatic carbocycles. The van der Waals surface area contributed by atoms with Crippen LogP contribution in [0.4, 0.5) is 5.82 Å². The number of anilines is 1. The Morgan fingerprint density at radius 2 is 2.56 bits per heavy atom. The Kier molecular flexibility index (Phi) is 3.24. The molecule has 2 heterocycles. The van der Waals surface area contributed by atoms with Gasteiger partial charge >= 0.3 is 0 Å². The van der Waals surface area contributed by atoms with Crippen LogP contribution in [0.15, 0.2) is 6.07 Å². The van der Waals surface area contributed by atoms with E-state index in [0.29, 0.717) is 12.3 Å². The molecule has 5 nitrogen and oxygen atoms in total. The Balaban J connectivity index is 1.89. The summed E-state index contributed by atoms with van der Waals surface area (Å²) < 4.78 is 1.69. The summed E-state index contributed by atoms with van der Waals surface area (Å²) in [6, 6.07) is 1.88. The topological polar surface area (TPSA) is 59.0 Å². The van der Waals surface area contributed by atoms with E-state index in [1.807, 2.05) is 20.0 Å². The molecule has 1 unspecified atom stereocenters. The van der Waals surface area contributed by atoms with Crippen LogP contribution in [0.3, 0.4) is 0 Å². The van der Waals surface area contributed by atoms with Crippen molar-refractivity contribution in [1.29, 1.82) is 0 Å². The van der Waals surface area contributed by atoms with Gasteiger partial charge < -0.3 is 10.6 Å². The predicted octanol–water partition coefficient (Wildman–Crippen LogP) is 0.667. The van der Waals surface area contributed by atoms with Crippen molar-refractivity contribution < 1.29 is 4.79 Å². The van der Waals surface area contributed by atoms with Crippen molar-refractivity contribution in [3.8, 4) is 0 Å². The third kappa shape index (κ3) is 2.61. The van der Waals surface area contributed by atoms with Crippen molar-refractivity contribution in [2.45, 2.75) is 19.8 Å². The Bertz CT molecular complexity index is 379. The third-order valence-electron chi connectivity index (χ3n) is 2.91. The normalized spacial score (nSPS) is 20.0. The summed E-state index contributed by atoms with van der Waals surface area (Å²) in [5, 5.41) is 10.3. The highest BCUT2D eigenvalue weighted by molar-refractivity contribution is 5.90. The molecule has 2 rings (SSSR count). The second-order valence-corrected chi connectivity index (χ2v) is 4.41. The van der Waals surface area contributed by atoms with Crippen molar-refractivity contribution in [1.82, 2.24) is 15.1 Å². The zero-order chi connectivity index (χ0) is 11.5. The summed E-state index contributed by atoms with van der Waals surface area (Å²) >= 11 is 0. The maximum atomic E-state index is 11.7. The van der Waals surface area contributed by atoms with Gasteiger partial charge in [-0.05, 0) is 32.4 Å². The van der Waals surface area contributed by atoms with Crippen LogP contribution in [-0.4, -0.2) is 28.8 Å². The number of aromatic nitrogens is 2. The number of carbonyl (C=O) groups excluding carboxylic acids is 1. The maximum absolute atomic E-state index is 11.7. The minimum absolute atomic E-state index is 0.0803. The average molecular weight is 222 g/mol. The fourth-order valence-electron chi connectivity index (χ4n) is 2.07. The van der Waals surface area contributed by atoms with E-state index in [0.717, 1.165) is 31.0 Å². The van der Waals surface area contributed by atoms with Gasteiger partial charge in [0.1, 0.15) is 5.82 Å². The van der Waals surface area contributed by atoms with Gasteiger partial charge in [0.05, 0.1) is 5.69 Å². The fourth-order valence-corrected chi connectivity index (χ4v) is 2.07. The number of hydrogen-bond acceptors (Lipinski definition) is 3. The molecule has 0 aromatic carbocycles. The number of hydrogen-bond donors (Lipinski definition) is 2. The van der Waals surface area contributed by atoms with Crippen molar-refractivity contribution in [3.63, 3.8) is 0 Å². The second kappa shape index (κ2) is 4.65. The summed E-state index contributed by atoms with van der Waals surface area (Å²) in [5.41, 5.74) is 0.917. The molecule has 1 aliphatic heterocycles. The number of carbonyl (C=O) groups is 1. The van der Waals surface area contributed by atoms with E-state index < -0.39 is 0 Å². The van der Waals surface area contributed by atoms with Crippen LogP contribution in [-0.2, 0) is 11.8 Å². The Hall–Kier alpha value is -1.36. The van der Waals surface area contributed by atoms with Gasteiger partial charge in [-0.15, -0.1) is 0 Å². The Morgan fingerprint density at radius 3 is 3.12 bits per heavy atom. The van der Waals surface area contributed by atoms with Crippen molar-refractivity contribution >= 4 is 11.7 Å². The molecule has 1 aromatic rings. The SMILES string of the molecule is Cc1cc(NC(=O)CC2CCNC2)n(C)n1. The zero-order valence-corrected chi connectivity index (χ0v) is 9.79. The van der Waals surface area contributed by atoms with E-state index in [1.165, 1.54) is 0 Å². The monoisotopic (exact) mass is 222 g/mol. The van der Waals surface area contributed by atoms with Crippen LogP contribution in [0.1, 0.15) is 18.5 Å². The number of nitrogens with zero attached hydrogens (tertiary/aromatic N) is 2. The number of rotatable bonds is 3. The summed E-state index contributed by atoms with van der Waals surface area (Å²) in [5.74, 6) is 1.33. The van der Waals surface area contributed by atoms with E-state index in [9.17, 15) is 4.79 Å². The summed E-state index contributed by atoms with van der Waals surface area (Å²) in [6.45, 7) is 3.90. The molecule has 2 N–H and O–H groups in total. The van der Waals surface area contributed by atoms with E-state index in [4.69, 9.17) is 0 Å². The molecule has 88 valence electrons. The lowest BCUT2D eigenvalue weighted by Gasteiger charge is -2.08. The quantitative estimate of drug-likeness (QED) is 0.790. The largest absolute Gasteiger partial charge is 0.316 e. The third-order valence-corrected chi connectivity index (χ3v) is 2.91. The van der Waals surface area contributed by atoms with Gasteiger partial charge in [0, 0.05) is 19.5 Å². The Labute approximate surface area is 95.2 Å². The van der Waals surface area contributed by atoms with Gasteiger partial charge in [-0.1, -0.05) is 0 Å². The molecule has 1 saturated heterocycles. The molecule has 0 saturated carbocycles. The fraction of sp³-hybridized carbons (Fsp3) is 0.636. The zero-order valence-electron chi connectivity index (χ0n) is 9.79. The minimum Gasteiger partial charge on any atom is -0.316 e. The van der Waals surface area contributed by atoms with E-state index in [-0.39, 0.29) is 5.91 Å². The first-order valence-electron chi connectivity index (χ1n) is 5.66. The number of amides is 1. The van der Waals surface area contributed by atoms with Crippen molar-refractivity contribution in [3.05, 3.63) is 11.8 Å². The van der Waals surface area contributed by atoms with Gasteiger partial charge in [-0.3, -0.25) is 9.48 Å². The van der Waals surface area contributed by atoms with Crippen LogP contribution in [0, 0.1) is 12.8 Å². The predicted molar refractivity (Wildman–Crippen MR) is 62.2 cm³/mol. The molecular formula is C11H18N4O. The molecule has 5 heteroatoms. The molecule has 0 bridgehead atoms. The molecule has 0 radical (unpaired) electrons. The van der Waals surface area contributed by atoms with Gasteiger partial charge in [0.25, 0.3) is 0 Å². The van der Waals surface area contributed by atoms with Crippen LogP contribution >= 0.6 is 0 Å². The molecular weight excluding hydrogens is 204 g/mol. The summed E-state index contributed by atoms with van der Waals surface area (Å²) in [4.78, 5) is 11.7. The van der Waals surface area contributed by atoms with Crippen LogP contribution in [0.2, 0.25) is 0 Å². The molecule has 1 atom stereocenters. The number of nitrogens with one attached hydrogen (secondary N) is 2. The first-order valence-corrected chi connectivity index (χ1v) is 5.66. The van der Waals surface area contributed by atoms with E-state index >= 15 is 0 Å².